The Labute approximate surface area is 121 Å². The van der Waals surface area contributed by atoms with Crippen LogP contribution in [0.3, 0.4) is 0 Å². The summed E-state index contributed by atoms with van der Waals surface area (Å²) in [6, 6.07) is 6.99. The number of aromatic nitrogens is 2. The lowest BCUT2D eigenvalue weighted by atomic mass is 10.2. The molecule has 0 unspecified atom stereocenters. The Morgan fingerprint density at radius 2 is 1.95 bits per heavy atom. The van der Waals surface area contributed by atoms with Crippen molar-refractivity contribution < 1.29 is 9.47 Å². The predicted octanol–water partition coefficient (Wildman–Crippen LogP) is 3.61. The maximum absolute atomic E-state index is 6.19. The standard InChI is InChI=1S/C13H12Cl2N2O2/c1-18-7-8-6-11(15)17-13(16-8)12-9(14)4-3-5-10(12)19-2/h3-6H,7H2,1-2H3. The van der Waals surface area contributed by atoms with E-state index in [4.69, 9.17) is 32.7 Å². The average Bonchev–Trinajstić information content (AvgIpc) is 2.38. The zero-order valence-electron chi connectivity index (χ0n) is 10.5. The number of benzene rings is 1. The first-order valence-electron chi connectivity index (χ1n) is 5.51. The molecule has 100 valence electrons. The first-order chi connectivity index (χ1) is 9.15. The molecule has 1 heterocycles. The topological polar surface area (TPSA) is 44.2 Å². The lowest BCUT2D eigenvalue weighted by Crippen LogP contribution is -1.99. The number of ether oxygens (including phenoxy) is 2. The molecule has 0 amide bonds. The fraction of sp³-hybridized carbons (Fsp3) is 0.231. The molecule has 0 saturated heterocycles. The molecule has 0 spiro atoms. The minimum Gasteiger partial charge on any atom is -0.496 e. The fourth-order valence-corrected chi connectivity index (χ4v) is 2.15. The van der Waals surface area contributed by atoms with E-state index >= 15 is 0 Å². The Bertz CT molecular complexity index is 591. The van der Waals surface area contributed by atoms with Gasteiger partial charge in [-0.1, -0.05) is 29.3 Å². The van der Waals surface area contributed by atoms with Crippen LogP contribution in [0.25, 0.3) is 11.4 Å². The Balaban J connectivity index is 2.58. The molecular weight excluding hydrogens is 287 g/mol. The van der Waals surface area contributed by atoms with Gasteiger partial charge in [0, 0.05) is 7.11 Å². The lowest BCUT2D eigenvalue weighted by molar-refractivity contribution is 0.181. The minimum absolute atomic E-state index is 0.332. The number of nitrogens with zero attached hydrogens (tertiary/aromatic N) is 2. The summed E-state index contributed by atoms with van der Waals surface area (Å²) in [6.07, 6.45) is 0. The first kappa shape index (κ1) is 14.1. The third-order valence-corrected chi connectivity index (χ3v) is 2.97. The molecule has 19 heavy (non-hydrogen) atoms. The molecule has 4 nitrogen and oxygen atoms in total. The lowest BCUT2D eigenvalue weighted by Gasteiger charge is -2.10. The second-order valence-electron chi connectivity index (χ2n) is 3.76. The normalized spacial score (nSPS) is 10.5. The van der Waals surface area contributed by atoms with Crippen molar-refractivity contribution in [1.29, 1.82) is 0 Å². The molecule has 1 aromatic heterocycles. The molecule has 0 fully saturated rings. The Morgan fingerprint density at radius 3 is 2.63 bits per heavy atom. The highest BCUT2D eigenvalue weighted by atomic mass is 35.5. The van der Waals surface area contributed by atoms with Crippen molar-refractivity contribution in [2.24, 2.45) is 0 Å². The number of methoxy groups -OCH3 is 2. The second kappa shape index (κ2) is 6.19. The van der Waals surface area contributed by atoms with Gasteiger partial charge in [-0.25, -0.2) is 9.97 Å². The van der Waals surface area contributed by atoms with Crippen molar-refractivity contribution >= 4 is 23.2 Å². The third-order valence-electron chi connectivity index (χ3n) is 2.46. The minimum atomic E-state index is 0.332. The van der Waals surface area contributed by atoms with Crippen LogP contribution in [-0.2, 0) is 11.3 Å². The Morgan fingerprint density at radius 1 is 1.16 bits per heavy atom. The molecule has 0 aliphatic rings. The molecular formula is C13H12Cl2N2O2. The summed E-state index contributed by atoms with van der Waals surface area (Å²) in [7, 11) is 3.15. The van der Waals surface area contributed by atoms with Crippen molar-refractivity contribution in [3.63, 3.8) is 0 Å². The Hall–Kier alpha value is -1.36. The summed E-state index contributed by atoms with van der Waals surface area (Å²) in [6.45, 7) is 0.349. The number of hydrogen-bond acceptors (Lipinski definition) is 4. The predicted molar refractivity (Wildman–Crippen MR) is 74.8 cm³/mol. The van der Waals surface area contributed by atoms with E-state index in [0.29, 0.717) is 39.6 Å². The van der Waals surface area contributed by atoms with Crippen molar-refractivity contribution in [3.8, 4) is 17.1 Å². The Kier molecular flexibility index (Phi) is 4.58. The summed E-state index contributed by atoms with van der Waals surface area (Å²) in [5, 5.41) is 0.837. The zero-order valence-corrected chi connectivity index (χ0v) is 12.0. The van der Waals surface area contributed by atoms with Gasteiger partial charge in [-0.2, -0.15) is 0 Å². The largest absolute Gasteiger partial charge is 0.496 e. The van der Waals surface area contributed by atoms with Gasteiger partial charge in [0.25, 0.3) is 0 Å². The molecule has 0 N–H and O–H groups in total. The van der Waals surface area contributed by atoms with E-state index in [-0.39, 0.29) is 0 Å². The third kappa shape index (κ3) is 3.15. The van der Waals surface area contributed by atoms with E-state index in [1.165, 1.54) is 0 Å². The fourth-order valence-electron chi connectivity index (χ4n) is 1.69. The van der Waals surface area contributed by atoms with Gasteiger partial charge in [0.15, 0.2) is 5.82 Å². The zero-order chi connectivity index (χ0) is 13.8. The first-order valence-corrected chi connectivity index (χ1v) is 6.26. The van der Waals surface area contributed by atoms with Crippen LogP contribution in [0.4, 0.5) is 0 Å². The van der Waals surface area contributed by atoms with E-state index in [2.05, 4.69) is 9.97 Å². The van der Waals surface area contributed by atoms with Crippen LogP contribution in [0.2, 0.25) is 10.2 Å². The quantitative estimate of drug-likeness (QED) is 0.809. The van der Waals surface area contributed by atoms with Crippen LogP contribution in [-0.4, -0.2) is 24.2 Å². The highest BCUT2D eigenvalue weighted by Crippen LogP contribution is 2.34. The van der Waals surface area contributed by atoms with Crippen LogP contribution in [0.15, 0.2) is 24.3 Å². The van der Waals surface area contributed by atoms with Gasteiger partial charge < -0.3 is 9.47 Å². The maximum atomic E-state index is 6.19. The summed E-state index contributed by atoms with van der Waals surface area (Å²) in [5.41, 5.74) is 1.30. The smallest absolute Gasteiger partial charge is 0.166 e. The second-order valence-corrected chi connectivity index (χ2v) is 4.55. The van der Waals surface area contributed by atoms with Crippen LogP contribution in [0.5, 0.6) is 5.75 Å². The van der Waals surface area contributed by atoms with Crippen LogP contribution in [0.1, 0.15) is 5.69 Å². The van der Waals surface area contributed by atoms with Crippen LogP contribution < -0.4 is 4.74 Å². The summed E-state index contributed by atoms with van der Waals surface area (Å²) in [5.74, 6) is 1.01. The molecule has 0 atom stereocenters. The molecule has 0 bridgehead atoms. The number of halogens is 2. The van der Waals surface area contributed by atoms with E-state index < -0.39 is 0 Å². The highest BCUT2D eigenvalue weighted by Gasteiger charge is 2.14. The van der Waals surface area contributed by atoms with Gasteiger partial charge in [-0.3, -0.25) is 0 Å². The van der Waals surface area contributed by atoms with Crippen molar-refractivity contribution in [2.45, 2.75) is 6.61 Å². The van der Waals surface area contributed by atoms with Crippen molar-refractivity contribution in [2.75, 3.05) is 14.2 Å². The molecule has 6 heteroatoms. The molecule has 0 aliphatic heterocycles. The van der Waals surface area contributed by atoms with E-state index in [1.807, 2.05) is 0 Å². The highest BCUT2D eigenvalue weighted by molar-refractivity contribution is 6.33. The summed E-state index contributed by atoms with van der Waals surface area (Å²) >= 11 is 12.2. The summed E-state index contributed by atoms with van der Waals surface area (Å²) in [4.78, 5) is 8.57. The molecule has 2 aromatic rings. The van der Waals surface area contributed by atoms with Gasteiger partial charge in [0.05, 0.1) is 30.0 Å². The molecule has 0 aliphatic carbocycles. The summed E-state index contributed by atoms with van der Waals surface area (Å²) < 4.78 is 10.3. The van der Waals surface area contributed by atoms with Gasteiger partial charge in [0.2, 0.25) is 0 Å². The maximum Gasteiger partial charge on any atom is 0.166 e. The molecule has 2 rings (SSSR count). The van der Waals surface area contributed by atoms with Gasteiger partial charge in [0.1, 0.15) is 10.9 Å². The SMILES string of the molecule is COCc1cc(Cl)nc(-c2c(Cl)cccc2OC)n1. The van der Waals surface area contributed by atoms with Crippen LogP contribution in [0, 0.1) is 0 Å². The number of hydrogen-bond donors (Lipinski definition) is 0. The monoisotopic (exact) mass is 298 g/mol. The van der Waals surface area contributed by atoms with Crippen molar-refractivity contribution in [1.82, 2.24) is 9.97 Å². The van der Waals surface area contributed by atoms with Crippen molar-refractivity contribution in [3.05, 3.63) is 40.1 Å². The van der Waals surface area contributed by atoms with E-state index in [9.17, 15) is 0 Å². The van der Waals surface area contributed by atoms with Gasteiger partial charge >= 0.3 is 0 Å². The van der Waals surface area contributed by atoms with E-state index in [0.717, 1.165) is 0 Å². The van der Waals surface area contributed by atoms with E-state index in [1.54, 1.807) is 38.5 Å². The average molecular weight is 299 g/mol. The number of rotatable bonds is 4. The molecule has 0 saturated carbocycles. The van der Waals surface area contributed by atoms with Gasteiger partial charge in [-0.05, 0) is 18.2 Å². The van der Waals surface area contributed by atoms with Crippen LogP contribution >= 0.6 is 23.2 Å². The molecule has 1 aromatic carbocycles. The molecule has 0 radical (unpaired) electrons. The van der Waals surface area contributed by atoms with Gasteiger partial charge in [-0.15, -0.1) is 0 Å².